The zero-order valence-electron chi connectivity index (χ0n) is 10.8. The maximum absolute atomic E-state index is 5.82. The lowest BCUT2D eigenvalue weighted by atomic mass is 10.2. The molecule has 0 aliphatic carbocycles. The molecule has 0 aliphatic rings. The number of rotatable bonds is 2. The van der Waals surface area contributed by atoms with Crippen LogP contribution in [0.5, 0.6) is 5.75 Å². The summed E-state index contributed by atoms with van der Waals surface area (Å²) in [5, 5.41) is 8.40. The Morgan fingerprint density at radius 2 is 2.00 bits per heavy atom. The maximum Gasteiger partial charge on any atom is 0.168 e. The van der Waals surface area contributed by atoms with E-state index < -0.39 is 0 Å². The lowest BCUT2D eigenvalue weighted by molar-refractivity contribution is 0.417. The van der Waals surface area contributed by atoms with E-state index in [1.54, 1.807) is 7.11 Å². The Morgan fingerprint density at radius 1 is 1.16 bits per heavy atom. The van der Waals surface area contributed by atoms with Gasteiger partial charge in [0.2, 0.25) is 0 Å². The summed E-state index contributed by atoms with van der Waals surface area (Å²) in [6, 6.07) is 9.60. The number of hydrogen-bond donors (Lipinski definition) is 1. The van der Waals surface area contributed by atoms with Crippen LogP contribution >= 0.6 is 0 Å². The minimum absolute atomic E-state index is 0.607. The van der Waals surface area contributed by atoms with Crippen molar-refractivity contribution in [2.45, 2.75) is 6.92 Å². The second-order valence-electron chi connectivity index (χ2n) is 4.41. The van der Waals surface area contributed by atoms with E-state index in [-0.39, 0.29) is 0 Å². The number of aryl methyl sites for hydroxylation is 1. The molecule has 19 heavy (non-hydrogen) atoms. The van der Waals surface area contributed by atoms with Crippen molar-refractivity contribution < 1.29 is 4.74 Å². The Labute approximate surface area is 110 Å². The Bertz CT molecular complexity index is 748. The molecule has 0 spiro atoms. The maximum atomic E-state index is 5.82. The molecule has 2 aromatic heterocycles. The molecular formula is C14H14N4O. The van der Waals surface area contributed by atoms with Crippen molar-refractivity contribution in [1.29, 1.82) is 0 Å². The van der Waals surface area contributed by atoms with Crippen molar-refractivity contribution in [2.24, 2.45) is 0 Å². The topological polar surface area (TPSA) is 65.4 Å². The third-order valence-corrected chi connectivity index (χ3v) is 3.06. The van der Waals surface area contributed by atoms with Crippen LogP contribution in [0, 0.1) is 6.92 Å². The number of nitrogens with zero attached hydrogens (tertiary/aromatic N) is 3. The molecule has 0 fully saturated rings. The molecule has 96 valence electrons. The lowest BCUT2D eigenvalue weighted by Crippen LogP contribution is -1.94. The Hall–Kier alpha value is -2.56. The van der Waals surface area contributed by atoms with E-state index in [2.05, 4.69) is 10.2 Å². The third-order valence-electron chi connectivity index (χ3n) is 3.06. The highest BCUT2D eigenvalue weighted by molar-refractivity contribution is 5.67. The zero-order chi connectivity index (χ0) is 13.4. The molecule has 0 radical (unpaired) electrons. The Kier molecular flexibility index (Phi) is 2.59. The smallest absolute Gasteiger partial charge is 0.168 e. The van der Waals surface area contributed by atoms with E-state index in [0.29, 0.717) is 11.4 Å². The fourth-order valence-corrected chi connectivity index (χ4v) is 2.04. The van der Waals surface area contributed by atoms with Crippen LogP contribution in [0.2, 0.25) is 0 Å². The molecule has 0 saturated heterocycles. The first kappa shape index (κ1) is 11.5. The molecule has 0 atom stereocenters. The van der Waals surface area contributed by atoms with Crippen LogP contribution < -0.4 is 10.5 Å². The number of aromatic nitrogens is 3. The quantitative estimate of drug-likeness (QED) is 0.713. The van der Waals surface area contributed by atoms with Crippen molar-refractivity contribution >= 4 is 11.3 Å². The van der Waals surface area contributed by atoms with Gasteiger partial charge in [-0.15, -0.1) is 10.2 Å². The van der Waals surface area contributed by atoms with Crippen molar-refractivity contribution in [3.63, 3.8) is 0 Å². The van der Waals surface area contributed by atoms with Crippen molar-refractivity contribution in [3.8, 4) is 17.1 Å². The van der Waals surface area contributed by atoms with Gasteiger partial charge in [0.05, 0.1) is 12.8 Å². The van der Waals surface area contributed by atoms with Crippen LogP contribution in [0.25, 0.3) is 17.0 Å². The molecule has 0 amide bonds. The highest BCUT2D eigenvalue weighted by Crippen LogP contribution is 2.28. The molecule has 0 aliphatic heterocycles. The van der Waals surface area contributed by atoms with Gasteiger partial charge in [0.15, 0.2) is 11.5 Å². The SMILES string of the molecule is COc1cc(-c2nnc3cc(C)ccn23)ccc1N. The predicted molar refractivity (Wildman–Crippen MR) is 74.1 cm³/mol. The number of ether oxygens (including phenoxy) is 1. The summed E-state index contributed by atoms with van der Waals surface area (Å²) in [5.74, 6) is 1.41. The molecule has 1 aromatic carbocycles. The largest absolute Gasteiger partial charge is 0.495 e. The van der Waals surface area contributed by atoms with E-state index in [1.165, 1.54) is 0 Å². The number of methoxy groups -OCH3 is 1. The monoisotopic (exact) mass is 254 g/mol. The van der Waals surface area contributed by atoms with Crippen LogP contribution in [0.3, 0.4) is 0 Å². The first-order chi connectivity index (χ1) is 9.19. The molecule has 3 rings (SSSR count). The summed E-state index contributed by atoms with van der Waals surface area (Å²) in [5.41, 5.74) is 9.32. The number of fused-ring (bicyclic) bond motifs is 1. The van der Waals surface area contributed by atoms with Crippen LogP contribution in [-0.4, -0.2) is 21.7 Å². The number of hydrogen-bond acceptors (Lipinski definition) is 4. The first-order valence-corrected chi connectivity index (χ1v) is 5.94. The highest BCUT2D eigenvalue weighted by Gasteiger charge is 2.10. The van der Waals surface area contributed by atoms with Gasteiger partial charge < -0.3 is 10.5 Å². The number of anilines is 1. The fourth-order valence-electron chi connectivity index (χ4n) is 2.04. The summed E-state index contributed by atoms with van der Waals surface area (Å²) >= 11 is 0. The number of nitrogen functional groups attached to an aromatic ring is 1. The molecule has 2 N–H and O–H groups in total. The Morgan fingerprint density at radius 3 is 2.79 bits per heavy atom. The minimum atomic E-state index is 0.607. The van der Waals surface area contributed by atoms with Crippen LogP contribution in [0.4, 0.5) is 5.69 Å². The van der Waals surface area contributed by atoms with Crippen molar-refractivity contribution in [3.05, 3.63) is 42.1 Å². The lowest BCUT2D eigenvalue weighted by Gasteiger charge is -2.06. The third kappa shape index (κ3) is 1.89. The number of nitrogens with two attached hydrogens (primary N) is 1. The van der Waals surface area contributed by atoms with Gasteiger partial charge >= 0.3 is 0 Å². The molecule has 3 aromatic rings. The molecule has 5 heteroatoms. The minimum Gasteiger partial charge on any atom is -0.495 e. The average molecular weight is 254 g/mol. The van der Waals surface area contributed by atoms with Gasteiger partial charge in [-0.25, -0.2) is 0 Å². The van der Waals surface area contributed by atoms with Crippen molar-refractivity contribution in [2.75, 3.05) is 12.8 Å². The Balaban J connectivity index is 2.19. The summed E-state index contributed by atoms with van der Waals surface area (Å²) < 4.78 is 7.17. The zero-order valence-corrected chi connectivity index (χ0v) is 10.8. The van der Waals surface area contributed by atoms with Crippen LogP contribution in [-0.2, 0) is 0 Å². The van der Waals surface area contributed by atoms with E-state index in [1.807, 2.05) is 47.9 Å². The standard InChI is InChI=1S/C14H14N4O/c1-9-5-6-18-13(7-9)16-17-14(18)10-3-4-11(15)12(8-10)19-2/h3-8H,15H2,1-2H3. The summed E-state index contributed by atoms with van der Waals surface area (Å²) in [6.45, 7) is 2.03. The molecule has 2 heterocycles. The molecule has 0 bridgehead atoms. The summed E-state index contributed by atoms with van der Waals surface area (Å²) in [6.07, 6.45) is 1.96. The van der Waals surface area contributed by atoms with Crippen LogP contribution in [0.15, 0.2) is 36.5 Å². The van der Waals surface area contributed by atoms with Gasteiger partial charge in [0.1, 0.15) is 5.75 Å². The van der Waals surface area contributed by atoms with Crippen LogP contribution in [0.1, 0.15) is 5.56 Å². The van der Waals surface area contributed by atoms with Gasteiger partial charge in [-0.3, -0.25) is 4.40 Å². The summed E-state index contributed by atoms with van der Waals surface area (Å²) in [4.78, 5) is 0. The number of pyridine rings is 1. The van der Waals surface area contributed by atoms with Gasteiger partial charge in [0, 0.05) is 11.8 Å². The number of benzene rings is 1. The summed E-state index contributed by atoms with van der Waals surface area (Å²) in [7, 11) is 1.60. The molecule has 0 unspecified atom stereocenters. The first-order valence-electron chi connectivity index (χ1n) is 5.94. The predicted octanol–water partition coefficient (Wildman–Crippen LogP) is 2.30. The molecular weight excluding hydrogens is 240 g/mol. The highest BCUT2D eigenvalue weighted by atomic mass is 16.5. The molecule has 0 saturated carbocycles. The second-order valence-corrected chi connectivity index (χ2v) is 4.41. The second kappa shape index (κ2) is 4.28. The van der Waals surface area contributed by atoms with Gasteiger partial charge in [-0.05, 0) is 42.8 Å². The van der Waals surface area contributed by atoms with Gasteiger partial charge in [0.25, 0.3) is 0 Å². The van der Waals surface area contributed by atoms with E-state index in [0.717, 1.165) is 22.6 Å². The van der Waals surface area contributed by atoms with E-state index in [4.69, 9.17) is 10.5 Å². The van der Waals surface area contributed by atoms with Gasteiger partial charge in [-0.1, -0.05) is 0 Å². The van der Waals surface area contributed by atoms with Crippen molar-refractivity contribution in [1.82, 2.24) is 14.6 Å². The van der Waals surface area contributed by atoms with E-state index >= 15 is 0 Å². The molecule has 5 nitrogen and oxygen atoms in total. The normalized spacial score (nSPS) is 10.8. The fraction of sp³-hybridized carbons (Fsp3) is 0.143. The van der Waals surface area contributed by atoms with E-state index in [9.17, 15) is 0 Å². The van der Waals surface area contributed by atoms with Gasteiger partial charge in [-0.2, -0.15) is 0 Å². The average Bonchev–Trinajstić information content (AvgIpc) is 2.82.